The Hall–Kier alpha value is -1.29. The average Bonchev–Trinajstić information content (AvgIpc) is 2.82. The highest BCUT2D eigenvalue weighted by Crippen LogP contribution is 2.18. The highest BCUT2D eigenvalue weighted by atomic mass is 16.3. The van der Waals surface area contributed by atoms with Gasteiger partial charge in [0.05, 0.1) is 6.54 Å². The maximum Gasteiger partial charge on any atom is 0.222 e. The number of rotatable bonds is 5. The van der Waals surface area contributed by atoms with Crippen LogP contribution in [-0.2, 0) is 11.3 Å². The Balaban J connectivity index is 1.72. The van der Waals surface area contributed by atoms with Crippen molar-refractivity contribution >= 4 is 5.91 Å². The highest BCUT2D eigenvalue weighted by molar-refractivity contribution is 5.75. The Morgan fingerprint density at radius 2 is 2.16 bits per heavy atom. The third kappa shape index (κ3) is 4.39. The molecule has 2 heterocycles. The van der Waals surface area contributed by atoms with Crippen LogP contribution in [0.3, 0.4) is 0 Å². The minimum Gasteiger partial charge on any atom is -0.464 e. The van der Waals surface area contributed by atoms with Gasteiger partial charge in [0.2, 0.25) is 5.91 Å². The lowest BCUT2D eigenvalue weighted by atomic mass is 9.93. The van der Waals surface area contributed by atoms with Crippen LogP contribution in [0.4, 0.5) is 0 Å². The minimum absolute atomic E-state index is 0.215. The number of carbonyl (C=O) groups is 1. The molecule has 0 spiro atoms. The van der Waals surface area contributed by atoms with Gasteiger partial charge in [0.25, 0.3) is 0 Å². The number of piperidine rings is 1. The lowest BCUT2D eigenvalue weighted by Gasteiger charge is -2.23. The van der Waals surface area contributed by atoms with Crippen LogP contribution in [0.15, 0.2) is 16.5 Å². The fraction of sp³-hybridized carbons (Fsp3) is 0.667. The summed E-state index contributed by atoms with van der Waals surface area (Å²) in [7, 11) is 1.85. The topological polar surface area (TPSA) is 45.5 Å². The van der Waals surface area contributed by atoms with Gasteiger partial charge in [0.1, 0.15) is 11.5 Å². The first-order valence-corrected chi connectivity index (χ1v) is 7.15. The number of hydrogen-bond acceptors (Lipinski definition) is 3. The molecule has 1 aromatic rings. The molecule has 1 aliphatic heterocycles. The molecule has 1 fully saturated rings. The number of amides is 1. The fourth-order valence-electron chi connectivity index (χ4n) is 2.58. The smallest absolute Gasteiger partial charge is 0.222 e. The third-order valence-corrected chi connectivity index (χ3v) is 3.84. The summed E-state index contributed by atoms with van der Waals surface area (Å²) in [5, 5.41) is 3.35. The van der Waals surface area contributed by atoms with E-state index in [1.807, 2.05) is 26.1 Å². The standard InChI is InChI=1S/C15H24N2O2/c1-12-3-5-14(19-12)11-17(2)15(18)6-4-13-7-9-16-10-8-13/h3,5,13,16H,4,6-11H2,1-2H3. The zero-order valence-corrected chi connectivity index (χ0v) is 11.9. The number of hydrogen-bond donors (Lipinski definition) is 1. The molecule has 1 amide bonds. The summed E-state index contributed by atoms with van der Waals surface area (Å²) in [6, 6.07) is 3.87. The number of aryl methyl sites for hydroxylation is 1. The van der Waals surface area contributed by atoms with Crippen LogP contribution in [0, 0.1) is 12.8 Å². The monoisotopic (exact) mass is 264 g/mol. The zero-order chi connectivity index (χ0) is 13.7. The molecule has 4 heteroatoms. The van der Waals surface area contributed by atoms with Gasteiger partial charge in [-0.3, -0.25) is 4.79 Å². The van der Waals surface area contributed by atoms with Crippen molar-refractivity contribution in [2.75, 3.05) is 20.1 Å². The summed E-state index contributed by atoms with van der Waals surface area (Å²) in [5.41, 5.74) is 0. The lowest BCUT2D eigenvalue weighted by Crippen LogP contribution is -2.30. The van der Waals surface area contributed by atoms with Crippen molar-refractivity contribution in [1.82, 2.24) is 10.2 Å². The van der Waals surface area contributed by atoms with Gasteiger partial charge < -0.3 is 14.6 Å². The van der Waals surface area contributed by atoms with E-state index in [0.29, 0.717) is 18.9 Å². The van der Waals surface area contributed by atoms with Gasteiger partial charge in [-0.2, -0.15) is 0 Å². The second-order valence-corrected chi connectivity index (χ2v) is 5.49. The zero-order valence-electron chi connectivity index (χ0n) is 11.9. The molecule has 0 radical (unpaired) electrons. The normalized spacial score (nSPS) is 16.5. The summed E-state index contributed by atoms with van der Waals surface area (Å²) in [4.78, 5) is 13.8. The van der Waals surface area contributed by atoms with E-state index >= 15 is 0 Å². The number of nitrogens with zero attached hydrogens (tertiary/aromatic N) is 1. The van der Waals surface area contributed by atoms with Gasteiger partial charge in [-0.05, 0) is 57.3 Å². The van der Waals surface area contributed by atoms with Gasteiger partial charge >= 0.3 is 0 Å². The quantitative estimate of drug-likeness (QED) is 0.887. The first-order valence-electron chi connectivity index (χ1n) is 7.15. The molecule has 0 atom stereocenters. The molecule has 1 aliphatic rings. The summed E-state index contributed by atoms with van der Waals surface area (Å²) in [6.07, 6.45) is 4.08. The van der Waals surface area contributed by atoms with Crippen molar-refractivity contribution in [2.45, 2.75) is 39.2 Å². The number of nitrogens with one attached hydrogen (secondary N) is 1. The van der Waals surface area contributed by atoms with Crippen LogP contribution in [0.1, 0.15) is 37.2 Å². The van der Waals surface area contributed by atoms with E-state index in [2.05, 4.69) is 5.32 Å². The molecule has 1 aromatic heterocycles. The molecule has 0 aromatic carbocycles. The highest BCUT2D eigenvalue weighted by Gasteiger charge is 2.16. The molecule has 0 aliphatic carbocycles. The van der Waals surface area contributed by atoms with Gasteiger partial charge in [-0.1, -0.05) is 0 Å². The molecule has 1 N–H and O–H groups in total. The second-order valence-electron chi connectivity index (χ2n) is 5.49. The Labute approximate surface area is 115 Å². The Kier molecular flexibility index (Phi) is 5.02. The van der Waals surface area contributed by atoms with E-state index in [1.165, 1.54) is 12.8 Å². The predicted octanol–water partition coefficient (Wildman–Crippen LogP) is 2.33. The molecular weight excluding hydrogens is 240 g/mol. The van der Waals surface area contributed by atoms with Crippen molar-refractivity contribution in [3.05, 3.63) is 23.7 Å². The maximum atomic E-state index is 12.1. The summed E-state index contributed by atoms with van der Waals surface area (Å²) >= 11 is 0. The fourth-order valence-corrected chi connectivity index (χ4v) is 2.58. The van der Waals surface area contributed by atoms with Crippen LogP contribution >= 0.6 is 0 Å². The summed E-state index contributed by atoms with van der Waals surface area (Å²) in [5.74, 6) is 2.68. The van der Waals surface area contributed by atoms with Gasteiger partial charge in [-0.15, -0.1) is 0 Å². The first-order chi connectivity index (χ1) is 9.15. The third-order valence-electron chi connectivity index (χ3n) is 3.84. The molecule has 0 bridgehead atoms. The molecule has 1 saturated heterocycles. The van der Waals surface area contributed by atoms with E-state index in [1.54, 1.807) is 4.90 Å². The average molecular weight is 264 g/mol. The van der Waals surface area contributed by atoms with Crippen LogP contribution in [0.2, 0.25) is 0 Å². The largest absolute Gasteiger partial charge is 0.464 e. The van der Waals surface area contributed by atoms with Crippen LogP contribution in [-0.4, -0.2) is 30.9 Å². The molecular formula is C15H24N2O2. The molecule has 19 heavy (non-hydrogen) atoms. The van der Waals surface area contributed by atoms with Crippen molar-refractivity contribution in [1.29, 1.82) is 0 Å². The van der Waals surface area contributed by atoms with Gasteiger partial charge in [0, 0.05) is 13.5 Å². The lowest BCUT2D eigenvalue weighted by molar-refractivity contribution is -0.131. The molecule has 0 unspecified atom stereocenters. The number of carbonyl (C=O) groups excluding carboxylic acids is 1. The van der Waals surface area contributed by atoms with E-state index in [-0.39, 0.29) is 5.91 Å². The molecule has 106 valence electrons. The van der Waals surface area contributed by atoms with E-state index in [9.17, 15) is 4.79 Å². The van der Waals surface area contributed by atoms with Crippen LogP contribution in [0.5, 0.6) is 0 Å². The second kappa shape index (κ2) is 6.75. The molecule has 0 saturated carbocycles. The minimum atomic E-state index is 0.215. The Bertz CT molecular complexity index is 408. The van der Waals surface area contributed by atoms with Crippen molar-refractivity contribution in [3.8, 4) is 0 Å². The maximum absolute atomic E-state index is 12.1. The predicted molar refractivity (Wildman–Crippen MR) is 74.7 cm³/mol. The SMILES string of the molecule is Cc1ccc(CN(C)C(=O)CCC2CCNCC2)o1. The molecule has 2 rings (SSSR count). The molecule has 4 nitrogen and oxygen atoms in total. The van der Waals surface area contributed by atoms with Crippen molar-refractivity contribution in [2.24, 2.45) is 5.92 Å². The van der Waals surface area contributed by atoms with Crippen LogP contribution < -0.4 is 5.32 Å². The summed E-state index contributed by atoms with van der Waals surface area (Å²) < 4.78 is 5.50. The Morgan fingerprint density at radius 1 is 1.42 bits per heavy atom. The summed E-state index contributed by atoms with van der Waals surface area (Å²) in [6.45, 7) is 4.68. The van der Waals surface area contributed by atoms with Gasteiger partial charge in [-0.25, -0.2) is 0 Å². The Morgan fingerprint density at radius 3 is 2.79 bits per heavy atom. The van der Waals surface area contributed by atoms with Crippen molar-refractivity contribution < 1.29 is 9.21 Å². The number of furan rings is 1. The van der Waals surface area contributed by atoms with E-state index in [0.717, 1.165) is 31.0 Å². The van der Waals surface area contributed by atoms with Crippen molar-refractivity contribution in [3.63, 3.8) is 0 Å². The van der Waals surface area contributed by atoms with E-state index in [4.69, 9.17) is 4.42 Å². The van der Waals surface area contributed by atoms with Gasteiger partial charge in [0.15, 0.2) is 0 Å². The first kappa shape index (κ1) is 14.1. The van der Waals surface area contributed by atoms with E-state index < -0.39 is 0 Å². The van der Waals surface area contributed by atoms with Crippen LogP contribution in [0.25, 0.3) is 0 Å².